The fraction of sp³-hybridized carbons (Fsp3) is 1.00. The molecule has 72 valence electrons. The molecule has 12 heavy (non-hydrogen) atoms. The van der Waals surface area contributed by atoms with Gasteiger partial charge in [0.05, 0.1) is 0 Å². The van der Waals surface area contributed by atoms with Crippen LogP contribution >= 0.6 is 11.8 Å². The second-order valence-electron chi connectivity index (χ2n) is 3.74. The SMILES string of the molecule is CN(C)C(CN)C1CCCSC1. The molecule has 1 fully saturated rings. The highest BCUT2D eigenvalue weighted by Gasteiger charge is 2.23. The minimum Gasteiger partial charge on any atom is -0.329 e. The third-order valence-electron chi connectivity index (χ3n) is 2.64. The van der Waals surface area contributed by atoms with Gasteiger partial charge in [-0.1, -0.05) is 0 Å². The molecule has 2 nitrogen and oxygen atoms in total. The molecular weight excluding hydrogens is 168 g/mol. The van der Waals surface area contributed by atoms with Gasteiger partial charge in [-0.15, -0.1) is 0 Å². The highest BCUT2D eigenvalue weighted by Crippen LogP contribution is 2.26. The summed E-state index contributed by atoms with van der Waals surface area (Å²) in [5.41, 5.74) is 5.75. The Hall–Kier alpha value is 0.270. The molecule has 0 aromatic carbocycles. The number of hydrogen-bond acceptors (Lipinski definition) is 3. The van der Waals surface area contributed by atoms with E-state index < -0.39 is 0 Å². The smallest absolute Gasteiger partial charge is 0.0248 e. The summed E-state index contributed by atoms with van der Waals surface area (Å²) in [4.78, 5) is 2.27. The fourth-order valence-corrected chi connectivity index (χ4v) is 3.12. The zero-order valence-electron chi connectivity index (χ0n) is 8.12. The lowest BCUT2D eigenvalue weighted by Crippen LogP contribution is -2.43. The number of nitrogens with zero attached hydrogens (tertiary/aromatic N) is 1. The van der Waals surface area contributed by atoms with Gasteiger partial charge < -0.3 is 10.6 Å². The monoisotopic (exact) mass is 188 g/mol. The molecule has 0 bridgehead atoms. The summed E-state index contributed by atoms with van der Waals surface area (Å²) in [6.45, 7) is 0.804. The van der Waals surface area contributed by atoms with E-state index in [1.807, 2.05) is 0 Å². The van der Waals surface area contributed by atoms with Crippen LogP contribution in [-0.2, 0) is 0 Å². The van der Waals surface area contributed by atoms with Crippen molar-refractivity contribution in [2.45, 2.75) is 18.9 Å². The van der Waals surface area contributed by atoms with Gasteiger partial charge >= 0.3 is 0 Å². The Labute approximate surface area is 79.9 Å². The summed E-state index contributed by atoms with van der Waals surface area (Å²) < 4.78 is 0. The van der Waals surface area contributed by atoms with Crippen LogP contribution in [0.4, 0.5) is 0 Å². The molecule has 0 spiro atoms. The minimum absolute atomic E-state index is 0.595. The van der Waals surface area contributed by atoms with Gasteiger partial charge in [-0.25, -0.2) is 0 Å². The van der Waals surface area contributed by atoms with Gasteiger partial charge in [-0.05, 0) is 44.4 Å². The van der Waals surface area contributed by atoms with E-state index >= 15 is 0 Å². The highest BCUT2D eigenvalue weighted by atomic mass is 32.2. The standard InChI is InChI=1S/C9H20N2S/c1-11(2)9(6-10)8-4-3-5-12-7-8/h8-9H,3-7,10H2,1-2H3. The number of hydrogen-bond donors (Lipinski definition) is 1. The second kappa shape index (κ2) is 5.10. The van der Waals surface area contributed by atoms with Gasteiger partial charge in [-0.3, -0.25) is 0 Å². The molecule has 2 N–H and O–H groups in total. The average molecular weight is 188 g/mol. The van der Waals surface area contributed by atoms with Crippen molar-refractivity contribution < 1.29 is 0 Å². The van der Waals surface area contributed by atoms with Gasteiger partial charge in [0.15, 0.2) is 0 Å². The predicted molar refractivity (Wildman–Crippen MR) is 56.6 cm³/mol. The summed E-state index contributed by atoms with van der Waals surface area (Å²) in [6, 6.07) is 0.595. The van der Waals surface area contributed by atoms with Gasteiger partial charge in [0, 0.05) is 12.6 Å². The maximum atomic E-state index is 5.75. The lowest BCUT2D eigenvalue weighted by atomic mass is 9.95. The van der Waals surface area contributed by atoms with E-state index in [1.54, 1.807) is 0 Å². The van der Waals surface area contributed by atoms with Crippen LogP contribution in [-0.4, -0.2) is 43.1 Å². The van der Waals surface area contributed by atoms with Crippen molar-refractivity contribution in [1.29, 1.82) is 0 Å². The molecule has 0 amide bonds. The summed E-state index contributed by atoms with van der Waals surface area (Å²) in [7, 11) is 4.27. The van der Waals surface area contributed by atoms with Gasteiger partial charge in [0.25, 0.3) is 0 Å². The van der Waals surface area contributed by atoms with E-state index in [0.717, 1.165) is 12.5 Å². The topological polar surface area (TPSA) is 29.3 Å². The molecule has 0 aromatic rings. The summed E-state index contributed by atoms with van der Waals surface area (Å²) in [5.74, 6) is 3.48. The van der Waals surface area contributed by atoms with Crippen LogP contribution in [0.25, 0.3) is 0 Å². The molecule has 0 aliphatic carbocycles. The van der Waals surface area contributed by atoms with Crippen molar-refractivity contribution in [2.75, 3.05) is 32.1 Å². The first-order valence-electron chi connectivity index (χ1n) is 4.70. The maximum absolute atomic E-state index is 5.75. The molecule has 1 heterocycles. The van der Waals surface area contributed by atoms with E-state index in [1.165, 1.54) is 24.3 Å². The van der Waals surface area contributed by atoms with E-state index in [2.05, 4.69) is 30.8 Å². The van der Waals surface area contributed by atoms with Crippen molar-refractivity contribution in [3.63, 3.8) is 0 Å². The van der Waals surface area contributed by atoms with E-state index in [-0.39, 0.29) is 0 Å². The van der Waals surface area contributed by atoms with Crippen LogP contribution in [0.5, 0.6) is 0 Å². The number of likely N-dealkylation sites (N-methyl/N-ethyl adjacent to an activating group) is 1. The van der Waals surface area contributed by atoms with Crippen molar-refractivity contribution >= 4 is 11.8 Å². The Morgan fingerprint density at radius 3 is 2.75 bits per heavy atom. The van der Waals surface area contributed by atoms with Crippen LogP contribution in [0, 0.1) is 5.92 Å². The van der Waals surface area contributed by atoms with E-state index in [4.69, 9.17) is 5.73 Å². The zero-order valence-corrected chi connectivity index (χ0v) is 8.94. The minimum atomic E-state index is 0.595. The summed E-state index contributed by atoms with van der Waals surface area (Å²) in [6.07, 6.45) is 2.74. The summed E-state index contributed by atoms with van der Waals surface area (Å²) >= 11 is 2.08. The molecule has 0 saturated carbocycles. The van der Waals surface area contributed by atoms with Gasteiger partial charge in [-0.2, -0.15) is 11.8 Å². The fourth-order valence-electron chi connectivity index (χ4n) is 1.89. The Morgan fingerprint density at radius 2 is 2.33 bits per heavy atom. The van der Waals surface area contributed by atoms with Crippen LogP contribution in [0.2, 0.25) is 0 Å². The molecule has 1 saturated heterocycles. The molecule has 1 rings (SSSR count). The molecule has 1 aliphatic heterocycles. The van der Waals surface area contributed by atoms with Gasteiger partial charge in [0.1, 0.15) is 0 Å². The Kier molecular flexibility index (Phi) is 4.40. The normalized spacial score (nSPS) is 27.5. The molecule has 2 unspecified atom stereocenters. The molecule has 1 aliphatic rings. The first-order valence-corrected chi connectivity index (χ1v) is 5.85. The predicted octanol–water partition coefficient (Wildman–Crippen LogP) is 1.02. The third kappa shape index (κ3) is 2.64. The Morgan fingerprint density at radius 1 is 1.58 bits per heavy atom. The first-order chi connectivity index (χ1) is 5.75. The van der Waals surface area contributed by atoms with Crippen molar-refractivity contribution in [3.05, 3.63) is 0 Å². The molecule has 0 radical (unpaired) electrons. The summed E-state index contributed by atoms with van der Waals surface area (Å²) in [5, 5.41) is 0. The van der Waals surface area contributed by atoms with Crippen molar-refractivity contribution in [2.24, 2.45) is 11.7 Å². The van der Waals surface area contributed by atoms with E-state index in [9.17, 15) is 0 Å². The molecule has 3 heteroatoms. The van der Waals surface area contributed by atoms with Crippen molar-refractivity contribution in [1.82, 2.24) is 4.90 Å². The lowest BCUT2D eigenvalue weighted by Gasteiger charge is -2.33. The second-order valence-corrected chi connectivity index (χ2v) is 4.89. The zero-order chi connectivity index (χ0) is 8.97. The Bertz CT molecular complexity index is 122. The van der Waals surface area contributed by atoms with Crippen LogP contribution in [0.15, 0.2) is 0 Å². The number of thioether (sulfide) groups is 1. The number of rotatable bonds is 3. The maximum Gasteiger partial charge on any atom is 0.0248 e. The molecular formula is C9H20N2S. The Balaban J connectivity index is 2.40. The van der Waals surface area contributed by atoms with E-state index in [0.29, 0.717) is 6.04 Å². The molecule has 2 atom stereocenters. The first kappa shape index (κ1) is 10.4. The average Bonchev–Trinajstić information content (AvgIpc) is 2.07. The van der Waals surface area contributed by atoms with Crippen LogP contribution < -0.4 is 5.73 Å². The largest absolute Gasteiger partial charge is 0.329 e. The number of nitrogens with two attached hydrogens (primary N) is 1. The third-order valence-corrected chi connectivity index (χ3v) is 3.89. The van der Waals surface area contributed by atoms with Crippen LogP contribution in [0.3, 0.4) is 0 Å². The van der Waals surface area contributed by atoms with Crippen LogP contribution in [0.1, 0.15) is 12.8 Å². The quantitative estimate of drug-likeness (QED) is 0.717. The lowest BCUT2D eigenvalue weighted by molar-refractivity contribution is 0.218. The van der Waals surface area contributed by atoms with Gasteiger partial charge in [0.2, 0.25) is 0 Å². The molecule has 0 aromatic heterocycles. The van der Waals surface area contributed by atoms with Crippen molar-refractivity contribution in [3.8, 4) is 0 Å². The highest BCUT2D eigenvalue weighted by molar-refractivity contribution is 7.99.